The van der Waals surface area contributed by atoms with E-state index in [-0.39, 0.29) is 5.54 Å². The van der Waals surface area contributed by atoms with Crippen LogP contribution in [-0.2, 0) is 4.74 Å². The van der Waals surface area contributed by atoms with E-state index >= 15 is 0 Å². The fourth-order valence-corrected chi connectivity index (χ4v) is 1.13. The molecule has 1 aromatic rings. The summed E-state index contributed by atoms with van der Waals surface area (Å²) in [6, 6.07) is 3.56. The van der Waals surface area contributed by atoms with Crippen molar-refractivity contribution in [3.63, 3.8) is 0 Å². The Morgan fingerprint density at radius 2 is 2.06 bits per heavy atom. The molecule has 2 N–H and O–H groups in total. The van der Waals surface area contributed by atoms with E-state index in [9.17, 15) is 4.79 Å². The van der Waals surface area contributed by atoms with Gasteiger partial charge in [-0.15, -0.1) is 0 Å². The minimum Gasteiger partial charge on any atom is -0.453 e. The SMILES string of the molecule is COC(=O)Nc1ccc(NC(C)(C)C)cn1. The average molecular weight is 223 g/mol. The molecular weight excluding hydrogens is 206 g/mol. The van der Waals surface area contributed by atoms with Gasteiger partial charge in [0.1, 0.15) is 5.82 Å². The highest BCUT2D eigenvalue weighted by atomic mass is 16.5. The lowest BCUT2D eigenvalue weighted by atomic mass is 10.1. The number of carbonyl (C=O) groups is 1. The highest BCUT2D eigenvalue weighted by Crippen LogP contribution is 2.15. The monoisotopic (exact) mass is 223 g/mol. The van der Waals surface area contributed by atoms with Gasteiger partial charge >= 0.3 is 6.09 Å². The van der Waals surface area contributed by atoms with E-state index in [2.05, 4.69) is 41.1 Å². The van der Waals surface area contributed by atoms with Crippen LogP contribution >= 0.6 is 0 Å². The summed E-state index contributed by atoms with van der Waals surface area (Å²) in [7, 11) is 1.31. The van der Waals surface area contributed by atoms with Gasteiger partial charge in [0.15, 0.2) is 0 Å². The normalized spacial score (nSPS) is 10.8. The largest absolute Gasteiger partial charge is 0.453 e. The van der Waals surface area contributed by atoms with Gasteiger partial charge in [0.2, 0.25) is 0 Å². The van der Waals surface area contributed by atoms with Gasteiger partial charge in [-0.25, -0.2) is 9.78 Å². The molecule has 5 nitrogen and oxygen atoms in total. The lowest BCUT2D eigenvalue weighted by molar-refractivity contribution is 0.187. The lowest BCUT2D eigenvalue weighted by Gasteiger charge is -2.21. The molecule has 0 aliphatic carbocycles. The Hall–Kier alpha value is -1.78. The standard InChI is InChI=1S/C11H17N3O2/c1-11(2,3)14-8-5-6-9(12-7-8)13-10(15)16-4/h5-7,14H,1-4H3,(H,12,13,15). The molecule has 0 aromatic carbocycles. The van der Waals surface area contributed by atoms with Gasteiger partial charge < -0.3 is 10.1 Å². The summed E-state index contributed by atoms with van der Waals surface area (Å²) in [6.07, 6.45) is 1.14. The molecular formula is C11H17N3O2. The van der Waals surface area contributed by atoms with Gasteiger partial charge in [-0.2, -0.15) is 0 Å². The zero-order chi connectivity index (χ0) is 12.2. The number of anilines is 2. The summed E-state index contributed by atoms with van der Waals surface area (Å²) in [6.45, 7) is 6.19. The van der Waals surface area contributed by atoms with Crippen molar-refractivity contribution >= 4 is 17.6 Å². The summed E-state index contributed by atoms with van der Waals surface area (Å²) < 4.78 is 4.46. The lowest BCUT2D eigenvalue weighted by Crippen LogP contribution is -2.26. The first-order valence-electron chi connectivity index (χ1n) is 5.00. The number of hydrogen-bond donors (Lipinski definition) is 2. The number of methoxy groups -OCH3 is 1. The number of nitrogens with one attached hydrogen (secondary N) is 2. The molecule has 16 heavy (non-hydrogen) atoms. The van der Waals surface area contributed by atoms with Gasteiger partial charge in [-0.1, -0.05) is 0 Å². The predicted octanol–water partition coefficient (Wildman–Crippen LogP) is 2.47. The molecule has 0 aliphatic heterocycles. The topological polar surface area (TPSA) is 63.2 Å². The second-order valence-electron chi connectivity index (χ2n) is 4.42. The first-order chi connectivity index (χ1) is 7.40. The van der Waals surface area contributed by atoms with E-state index in [0.29, 0.717) is 5.82 Å². The summed E-state index contributed by atoms with van der Waals surface area (Å²) in [4.78, 5) is 15.0. The molecule has 0 unspecified atom stereocenters. The molecule has 0 spiro atoms. The Bertz CT molecular complexity index is 354. The van der Waals surface area contributed by atoms with Crippen LogP contribution in [0.25, 0.3) is 0 Å². The maximum atomic E-state index is 10.9. The number of ether oxygens (including phenoxy) is 1. The van der Waals surface area contributed by atoms with Crippen LogP contribution in [-0.4, -0.2) is 23.7 Å². The molecule has 0 aliphatic rings. The van der Waals surface area contributed by atoms with Gasteiger partial charge in [-0.3, -0.25) is 5.32 Å². The molecule has 0 radical (unpaired) electrons. The van der Waals surface area contributed by atoms with Crippen LogP contribution in [0.3, 0.4) is 0 Å². The van der Waals surface area contributed by atoms with Gasteiger partial charge in [0.05, 0.1) is 19.0 Å². The van der Waals surface area contributed by atoms with E-state index < -0.39 is 6.09 Å². The number of nitrogens with zero attached hydrogens (tertiary/aromatic N) is 1. The molecule has 1 heterocycles. The van der Waals surface area contributed by atoms with Crippen LogP contribution in [0, 0.1) is 0 Å². The number of hydrogen-bond acceptors (Lipinski definition) is 4. The van der Waals surface area contributed by atoms with Crippen LogP contribution in [0.4, 0.5) is 16.3 Å². The van der Waals surface area contributed by atoms with Crippen molar-refractivity contribution in [2.24, 2.45) is 0 Å². The molecule has 0 fully saturated rings. The van der Waals surface area contributed by atoms with Crippen molar-refractivity contribution in [3.8, 4) is 0 Å². The third-order valence-corrected chi connectivity index (χ3v) is 1.70. The van der Waals surface area contributed by atoms with Crippen molar-refractivity contribution in [1.29, 1.82) is 0 Å². The Balaban J connectivity index is 2.64. The third kappa shape index (κ3) is 4.16. The number of pyridine rings is 1. The van der Waals surface area contributed by atoms with Crippen LogP contribution in [0.15, 0.2) is 18.3 Å². The Morgan fingerprint density at radius 1 is 1.38 bits per heavy atom. The summed E-state index contributed by atoms with van der Waals surface area (Å²) >= 11 is 0. The molecule has 88 valence electrons. The minimum absolute atomic E-state index is 0.0149. The Kier molecular flexibility index (Phi) is 3.71. The van der Waals surface area contributed by atoms with Crippen molar-refractivity contribution in [2.75, 3.05) is 17.7 Å². The molecule has 0 saturated heterocycles. The van der Waals surface area contributed by atoms with Crippen LogP contribution in [0.5, 0.6) is 0 Å². The van der Waals surface area contributed by atoms with E-state index in [0.717, 1.165) is 5.69 Å². The third-order valence-electron chi connectivity index (χ3n) is 1.70. The number of carbonyl (C=O) groups excluding carboxylic acids is 1. The summed E-state index contributed by atoms with van der Waals surface area (Å²) in [5.74, 6) is 0.464. The van der Waals surface area contributed by atoms with Crippen LogP contribution < -0.4 is 10.6 Å². The van der Waals surface area contributed by atoms with E-state index in [1.54, 1.807) is 12.3 Å². The zero-order valence-electron chi connectivity index (χ0n) is 10.00. The maximum Gasteiger partial charge on any atom is 0.412 e. The minimum atomic E-state index is -0.524. The number of rotatable bonds is 2. The molecule has 5 heteroatoms. The molecule has 1 amide bonds. The van der Waals surface area contributed by atoms with Crippen molar-refractivity contribution in [3.05, 3.63) is 18.3 Å². The second kappa shape index (κ2) is 4.83. The van der Waals surface area contributed by atoms with E-state index in [1.165, 1.54) is 7.11 Å². The van der Waals surface area contributed by atoms with Crippen LogP contribution in [0.2, 0.25) is 0 Å². The molecule has 1 rings (SSSR count). The van der Waals surface area contributed by atoms with E-state index in [4.69, 9.17) is 0 Å². The molecule has 0 atom stereocenters. The van der Waals surface area contributed by atoms with E-state index in [1.807, 2.05) is 6.07 Å². The van der Waals surface area contributed by atoms with Crippen molar-refractivity contribution < 1.29 is 9.53 Å². The Morgan fingerprint density at radius 3 is 2.50 bits per heavy atom. The van der Waals surface area contributed by atoms with Gasteiger partial charge in [0, 0.05) is 5.54 Å². The first-order valence-corrected chi connectivity index (χ1v) is 5.00. The number of aromatic nitrogens is 1. The highest BCUT2D eigenvalue weighted by Gasteiger charge is 2.09. The summed E-state index contributed by atoms with van der Waals surface area (Å²) in [5, 5.41) is 5.75. The first kappa shape index (κ1) is 12.3. The van der Waals surface area contributed by atoms with Gasteiger partial charge in [0.25, 0.3) is 0 Å². The van der Waals surface area contributed by atoms with Crippen molar-refractivity contribution in [2.45, 2.75) is 26.3 Å². The fourth-order valence-electron chi connectivity index (χ4n) is 1.13. The van der Waals surface area contributed by atoms with Crippen LogP contribution in [0.1, 0.15) is 20.8 Å². The number of amides is 1. The second-order valence-corrected chi connectivity index (χ2v) is 4.42. The molecule has 0 saturated carbocycles. The molecule has 0 bridgehead atoms. The maximum absolute atomic E-state index is 10.9. The Labute approximate surface area is 95.2 Å². The predicted molar refractivity (Wildman–Crippen MR) is 63.6 cm³/mol. The average Bonchev–Trinajstić information content (AvgIpc) is 2.18. The smallest absolute Gasteiger partial charge is 0.412 e. The quantitative estimate of drug-likeness (QED) is 0.808. The fraction of sp³-hybridized carbons (Fsp3) is 0.455. The molecule has 1 aromatic heterocycles. The van der Waals surface area contributed by atoms with Crippen molar-refractivity contribution in [1.82, 2.24) is 4.98 Å². The zero-order valence-corrected chi connectivity index (χ0v) is 10.00. The highest BCUT2D eigenvalue weighted by molar-refractivity contribution is 5.83. The van der Waals surface area contributed by atoms with Gasteiger partial charge in [-0.05, 0) is 32.9 Å². The summed E-state index contributed by atoms with van der Waals surface area (Å²) in [5.41, 5.74) is 0.891.